The first-order chi connectivity index (χ1) is 13.9. The summed E-state index contributed by atoms with van der Waals surface area (Å²) in [6.07, 6.45) is 2.76. The number of sulfonamides is 1. The van der Waals surface area contributed by atoms with Crippen LogP contribution in [0.15, 0.2) is 81.3 Å². The lowest BCUT2D eigenvalue weighted by Gasteiger charge is -2.24. The number of rotatable bonds is 7. The van der Waals surface area contributed by atoms with Gasteiger partial charge in [-0.25, -0.2) is 13.8 Å². The number of furan rings is 1. The van der Waals surface area contributed by atoms with Gasteiger partial charge in [0.1, 0.15) is 12.3 Å². The lowest BCUT2D eigenvalue weighted by molar-refractivity contribution is -0.119. The number of halogens is 2. The molecule has 0 radical (unpaired) electrons. The van der Waals surface area contributed by atoms with E-state index in [9.17, 15) is 13.2 Å². The molecule has 1 aromatic heterocycles. The fraction of sp³-hybridized carbons (Fsp3) is 0.0526. The van der Waals surface area contributed by atoms with E-state index in [0.29, 0.717) is 5.76 Å². The first-order valence-corrected chi connectivity index (χ1v) is 10.5. The molecule has 10 heteroatoms. The van der Waals surface area contributed by atoms with Crippen molar-refractivity contribution in [1.29, 1.82) is 0 Å². The summed E-state index contributed by atoms with van der Waals surface area (Å²) in [7, 11) is -4.05. The van der Waals surface area contributed by atoms with Crippen LogP contribution in [0.1, 0.15) is 5.76 Å². The van der Waals surface area contributed by atoms with Gasteiger partial charge in [-0.15, -0.1) is 0 Å². The number of hydrazone groups is 1. The van der Waals surface area contributed by atoms with E-state index in [1.807, 2.05) is 0 Å². The summed E-state index contributed by atoms with van der Waals surface area (Å²) < 4.78 is 32.3. The molecule has 0 atom stereocenters. The molecule has 150 valence electrons. The lowest BCUT2D eigenvalue weighted by atomic mass is 10.3. The first-order valence-electron chi connectivity index (χ1n) is 8.26. The molecule has 2 aromatic carbocycles. The van der Waals surface area contributed by atoms with E-state index < -0.39 is 22.5 Å². The second-order valence-corrected chi connectivity index (χ2v) is 8.41. The molecule has 7 nitrogen and oxygen atoms in total. The summed E-state index contributed by atoms with van der Waals surface area (Å²) in [4.78, 5) is 12.4. The van der Waals surface area contributed by atoms with Crippen LogP contribution >= 0.6 is 23.2 Å². The van der Waals surface area contributed by atoms with E-state index in [1.54, 1.807) is 30.3 Å². The van der Waals surface area contributed by atoms with Gasteiger partial charge >= 0.3 is 0 Å². The molecular formula is C19H15Cl2N3O4S. The summed E-state index contributed by atoms with van der Waals surface area (Å²) in [6.45, 7) is -0.523. The van der Waals surface area contributed by atoms with E-state index in [2.05, 4.69) is 10.5 Å². The zero-order valence-corrected chi connectivity index (χ0v) is 17.2. The number of nitrogens with zero attached hydrogens (tertiary/aromatic N) is 2. The Hall–Kier alpha value is -2.81. The molecule has 0 bridgehead atoms. The molecular weight excluding hydrogens is 437 g/mol. The van der Waals surface area contributed by atoms with Crippen molar-refractivity contribution < 1.29 is 17.6 Å². The molecule has 0 unspecified atom stereocenters. The maximum absolute atomic E-state index is 13.1. The van der Waals surface area contributed by atoms with Crippen LogP contribution in [-0.4, -0.2) is 27.1 Å². The standard InChI is InChI=1S/C19H15Cl2N3O4S/c20-17-9-8-14(11-18(17)21)24(29(26,27)16-6-2-1-3-7-16)13-19(25)23-22-12-15-5-4-10-28-15/h1-12H,13H2,(H,23,25)/b22-12+. The summed E-state index contributed by atoms with van der Waals surface area (Å²) in [5.41, 5.74) is 2.46. The third-order valence-corrected chi connectivity index (χ3v) is 6.26. The number of anilines is 1. The minimum atomic E-state index is -4.05. The monoisotopic (exact) mass is 451 g/mol. The van der Waals surface area contributed by atoms with Gasteiger partial charge in [-0.05, 0) is 42.5 Å². The summed E-state index contributed by atoms with van der Waals surface area (Å²) in [6, 6.07) is 15.4. The van der Waals surface area contributed by atoms with Crippen molar-refractivity contribution in [3.63, 3.8) is 0 Å². The zero-order chi connectivity index (χ0) is 20.9. The molecule has 0 spiro atoms. The second-order valence-electron chi connectivity index (χ2n) is 5.73. The molecule has 0 aliphatic carbocycles. The SMILES string of the molecule is O=C(CN(c1ccc(Cl)c(Cl)c1)S(=O)(=O)c1ccccc1)N/N=C/c1ccco1. The Morgan fingerprint density at radius 2 is 1.83 bits per heavy atom. The van der Waals surface area contributed by atoms with Crippen molar-refractivity contribution in [2.75, 3.05) is 10.8 Å². The second kappa shape index (κ2) is 9.13. The van der Waals surface area contributed by atoms with Gasteiger partial charge < -0.3 is 4.42 Å². The molecule has 3 aromatic rings. The van der Waals surface area contributed by atoms with Gasteiger partial charge in [0.05, 0.1) is 33.1 Å². The number of carbonyl (C=O) groups is 1. The summed E-state index contributed by atoms with van der Waals surface area (Å²) in [5.74, 6) is -0.220. The van der Waals surface area contributed by atoms with E-state index in [-0.39, 0.29) is 20.6 Å². The predicted octanol–water partition coefficient (Wildman–Crippen LogP) is 3.93. The van der Waals surface area contributed by atoms with Gasteiger partial charge in [0.15, 0.2) is 0 Å². The Labute approximate surface area is 177 Å². The van der Waals surface area contributed by atoms with E-state index >= 15 is 0 Å². The van der Waals surface area contributed by atoms with Crippen molar-refractivity contribution in [1.82, 2.24) is 5.43 Å². The van der Waals surface area contributed by atoms with Crippen LogP contribution < -0.4 is 9.73 Å². The van der Waals surface area contributed by atoms with Crippen LogP contribution in [0.5, 0.6) is 0 Å². The van der Waals surface area contributed by atoms with E-state index in [4.69, 9.17) is 27.6 Å². The number of nitrogens with one attached hydrogen (secondary N) is 1. The molecule has 1 amide bonds. The minimum Gasteiger partial charge on any atom is -0.463 e. The van der Waals surface area contributed by atoms with Crippen molar-refractivity contribution in [3.05, 3.63) is 82.7 Å². The number of hydrogen-bond donors (Lipinski definition) is 1. The lowest BCUT2D eigenvalue weighted by Crippen LogP contribution is -2.39. The maximum atomic E-state index is 13.1. The van der Waals surface area contributed by atoms with Crippen LogP contribution in [0, 0.1) is 0 Å². The molecule has 1 N–H and O–H groups in total. The van der Waals surface area contributed by atoms with Crippen LogP contribution in [0.25, 0.3) is 0 Å². The Bertz CT molecular complexity index is 1120. The highest BCUT2D eigenvalue weighted by molar-refractivity contribution is 7.92. The van der Waals surface area contributed by atoms with E-state index in [0.717, 1.165) is 4.31 Å². The summed E-state index contributed by atoms with van der Waals surface area (Å²) >= 11 is 12.0. The molecule has 1 heterocycles. The fourth-order valence-corrected chi connectivity index (χ4v) is 4.10. The molecule has 3 rings (SSSR count). The maximum Gasteiger partial charge on any atom is 0.264 e. The molecule has 0 saturated heterocycles. The third kappa shape index (κ3) is 5.17. The number of carbonyl (C=O) groups excluding carboxylic acids is 1. The van der Waals surface area contributed by atoms with Gasteiger partial charge in [0, 0.05) is 0 Å². The fourth-order valence-electron chi connectivity index (χ4n) is 2.37. The Morgan fingerprint density at radius 1 is 1.07 bits per heavy atom. The van der Waals surface area contributed by atoms with Gasteiger partial charge in [0.2, 0.25) is 0 Å². The van der Waals surface area contributed by atoms with Crippen LogP contribution in [0.3, 0.4) is 0 Å². The first kappa shape index (κ1) is 20.9. The highest BCUT2D eigenvalue weighted by Crippen LogP contribution is 2.30. The molecule has 0 aliphatic rings. The van der Waals surface area contributed by atoms with Crippen molar-refractivity contribution in [2.24, 2.45) is 5.10 Å². The van der Waals surface area contributed by atoms with Crippen LogP contribution in [0.4, 0.5) is 5.69 Å². The highest BCUT2D eigenvalue weighted by atomic mass is 35.5. The average Bonchev–Trinajstić information content (AvgIpc) is 3.22. The number of amides is 1. The quantitative estimate of drug-likeness (QED) is 0.434. The molecule has 0 saturated carbocycles. The Balaban J connectivity index is 1.88. The Kier molecular flexibility index (Phi) is 6.58. The molecule has 0 aliphatic heterocycles. The van der Waals surface area contributed by atoms with Crippen LogP contribution in [0.2, 0.25) is 10.0 Å². The minimum absolute atomic E-state index is 0.0259. The average molecular weight is 452 g/mol. The zero-order valence-electron chi connectivity index (χ0n) is 14.8. The Morgan fingerprint density at radius 3 is 2.48 bits per heavy atom. The number of hydrogen-bond acceptors (Lipinski definition) is 5. The van der Waals surface area contributed by atoms with Crippen LogP contribution in [-0.2, 0) is 14.8 Å². The van der Waals surface area contributed by atoms with Crippen molar-refractivity contribution in [2.45, 2.75) is 4.90 Å². The molecule has 0 fully saturated rings. The smallest absolute Gasteiger partial charge is 0.264 e. The van der Waals surface area contributed by atoms with Gasteiger partial charge in [0.25, 0.3) is 15.9 Å². The summed E-state index contributed by atoms with van der Waals surface area (Å²) in [5, 5.41) is 4.18. The van der Waals surface area contributed by atoms with Crippen molar-refractivity contribution >= 4 is 51.0 Å². The predicted molar refractivity (Wildman–Crippen MR) is 112 cm³/mol. The normalized spacial score (nSPS) is 11.5. The van der Waals surface area contributed by atoms with E-state index in [1.165, 1.54) is 42.8 Å². The topological polar surface area (TPSA) is 92.0 Å². The molecule has 29 heavy (non-hydrogen) atoms. The van der Waals surface area contributed by atoms with Crippen molar-refractivity contribution in [3.8, 4) is 0 Å². The highest BCUT2D eigenvalue weighted by Gasteiger charge is 2.27. The number of benzene rings is 2. The van der Waals surface area contributed by atoms with Gasteiger partial charge in [-0.2, -0.15) is 5.10 Å². The largest absolute Gasteiger partial charge is 0.463 e. The van der Waals surface area contributed by atoms with Gasteiger partial charge in [-0.1, -0.05) is 41.4 Å². The third-order valence-electron chi connectivity index (χ3n) is 3.73. The van der Waals surface area contributed by atoms with Gasteiger partial charge in [-0.3, -0.25) is 9.10 Å².